The van der Waals surface area contributed by atoms with Gasteiger partial charge in [0.2, 0.25) is 0 Å². The third kappa shape index (κ3) is 3.97. The van der Waals surface area contributed by atoms with Crippen LogP contribution in [0.15, 0.2) is 6.07 Å². The second-order valence-corrected chi connectivity index (χ2v) is 6.02. The SMILES string of the molecule is Cc1c(C)c(O)c(CO)c(C)c1O.Cc1c(O)cc(CO)c(O)c1C. The van der Waals surface area contributed by atoms with E-state index in [4.69, 9.17) is 10.2 Å². The van der Waals surface area contributed by atoms with Gasteiger partial charge in [0, 0.05) is 16.7 Å². The highest BCUT2D eigenvalue weighted by molar-refractivity contribution is 5.56. The molecule has 0 aliphatic heterocycles. The molecule has 0 saturated heterocycles. The number of rotatable bonds is 2. The summed E-state index contributed by atoms with van der Waals surface area (Å²) in [6, 6.07) is 1.37. The summed E-state index contributed by atoms with van der Waals surface area (Å²) in [4.78, 5) is 0. The maximum absolute atomic E-state index is 9.61. The highest BCUT2D eigenvalue weighted by Gasteiger charge is 2.15. The van der Waals surface area contributed by atoms with E-state index < -0.39 is 0 Å². The Morgan fingerprint density at radius 1 is 0.600 bits per heavy atom. The van der Waals surface area contributed by atoms with Crippen molar-refractivity contribution in [3.05, 3.63) is 45.0 Å². The minimum Gasteiger partial charge on any atom is -0.508 e. The molecule has 0 saturated carbocycles. The van der Waals surface area contributed by atoms with Crippen LogP contribution in [0.1, 0.15) is 38.9 Å². The lowest BCUT2D eigenvalue weighted by Crippen LogP contribution is -1.95. The van der Waals surface area contributed by atoms with Crippen LogP contribution in [0.5, 0.6) is 23.0 Å². The maximum Gasteiger partial charge on any atom is 0.124 e. The first kappa shape index (κ1) is 20.6. The van der Waals surface area contributed by atoms with Crippen molar-refractivity contribution in [2.75, 3.05) is 0 Å². The number of aromatic hydroxyl groups is 4. The van der Waals surface area contributed by atoms with E-state index in [1.807, 2.05) is 0 Å². The molecular weight excluding hydrogens is 324 g/mol. The minimum absolute atomic E-state index is 0.0628. The zero-order chi connectivity index (χ0) is 19.5. The molecule has 0 atom stereocenters. The molecule has 0 amide bonds. The quantitative estimate of drug-likeness (QED) is 0.463. The summed E-state index contributed by atoms with van der Waals surface area (Å²) in [6.45, 7) is 8.01. The average molecular weight is 350 g/mol. The van der Waals surface area contributed by atoms with E-state index in [9.17, 15) is 20.4 Å². The zero-order valence-corrected chi connectivity index (χ0v) is 15.2. The van der Waals surface area contributed by atoms with Crippen molar-refractivity contribution >= 4 is 0 Å². The van der Waals surface area contributed by atoms with Gasteiger partial charge < -0.3 is 30.6 Å². The normalized spacial score (nSPS) is 10.4. The zero-order valence-electron chi connectivity index (χ0n) is 15.2. The van der Waals surface area contributed by atoms with Gasteiger partial charge in [-0.2, -0.15) is 0 Å². The third-order valence-corrected chi connectivity index (χ3v) is 4.61. The molecule has 0 aliphatic rings. The van der Waals surface area contributed by atoms with Gasteiger partial charge in [0.1, 0.15) is 23.0 Å². The van der Waals surface area contributed by atoms with E-state index >= 15 is 0 Å². The van der Waals surface area contributed by atoms with E-state index in [2.05, 4.69) is 0 Å². The molecule has 0 unspecified atom stereocenters. The second-order valence-electron chi connectivity index (χ2n) is 6.02. The van der Waals surface area contributed by atoms with Gasteiger partial charge in [-0.25, -0.2) is 0 Å². The second kappa shape index (κ2) is 8.09. The Kier molecular flexibility index (Phi) is 6.67. The van der Waals surface area contributed by atoms with Gasteiger partial charge in [0.15, 0.2) is 0 Å². The fourth-order valence-electron chi connectivity index (χ4n) is 2.45. The largest absolute Gasteiger partial charge is 0.508 e. The summed E-state index contributed by atoms with van der Waals surface area (Å²) in [6.07, 6.45) is 0. The minimum atomic E-state index is -0.263. The average Bonchev–Trinajstić information content (AvgIpc) is 2.60. The predicted molar refractivity (Wildman–Crippen MR) is 95.1 cm³/mol. The Morgan fingerprint density at radius 3 is 1.56 bits per heavy atom. The topological polar surface area (TPSA) is 121 Å². The molecule has 0 aromatic heterocycles. The number of hydrogen-bond donors (Lipinski definition) is 6. The molecule has 2 rings (SSSR count). The lowest BCUT2D eigenvalue weighted by Gasteiger charge is -2.13. The van der Waals surface area contributed by atoms with Crippen molar-refractivity contribution in [2.45, 2.75) is 47.8 Å². The van der Waals surface area contributed by atoms with Crippen LogP contribution < -0.4 is 0 Å². The molecule has 2 aromatic carbocycles. The van der Waals surface area contributed by atoms with Crippen LogP contribution in [0.4, 0.5) is 0 Å². The smallest absolute Gasteiger partial charge is 0.124 e. The van der Waals surface area contributed by atoms with Crippen molar-refractivity contribution in [1.82, 2.24) is 0 Å². The van der Waals surface area contributed by atoms with Crippen molar-refractivity contribution in [3.8, 4) is 23.0 Å². The molecule has 0 heterocycles. The third-order valence-electron chi connectivity index (χ3n) is 4.61. The molecular formula is C19H26O6. The van der Waals surface area contributed by atoms with E-state index in [0.717, 1.165) is 0 Å². The molecule has 0 aliphatic carbocycles. The first-order chi connectivity index (χ1) is 11.6. The van der Waals surface area contributed by atoms with Crippen LogP contribution >= 0.6 is 0 Å². The number of benzene rings is 2. The van der Waals surface area contributed by atoms with Crippen LogP contribution in [0, 0.1) is 34.6 Å². The van der Waals surface area contributed by atoms with Crippen molar-refractivity contribution in [2.24, 2.45) is 0 Å². The van der Waals surface area contributed by atoms with Gasteiger partial charge in [-0.3, -0.25) is 0 Å². The molecule has 0 bridgehead atoms. The van der Waals surface area contributed by atoms with Gasteiger partial charge in [0.25, 0.3) is 0 Å². The summed E-state index contributed by atoms with van der Waals surface area (Å²) in [5.74, 6) is 0.400. The Hall–Kier alpha value is -2.44. The van der Waals surface area contributed by atoms with Crippen LogP contribution in [0.3, 0.4) is 0 Å². The molecule has 25 heavy (non-hydrogen) atoms. The number of aliphatic hydroxyl groups excluding tert-OH is 2. The summed E-state index contributed by atoms with van der Waals surface area (Å²) >= 11 is 0. The van der Waals surface area contributed by atoms with Gasteiger partial charge >= 0.3 is 0 Å². The fourth-order valence-corrected chi connectivity index (χ4v) is 2.45. The Labute approximate surface area is 147 Å². The van der Waals surface area contributed by atoms with Crippen molar-refractivity contribution in [1.29, 1.82) is 0 Å². The molecule has 0 radical (unpaired) electrons. The van der Waals surface area contributed by atoms with Crippen LogP contribution in [-0.2, 0) is 13.2 Å². The lowest BCUT2D eigenvalue weighted by atomic mass is 9.98. The molecule has 138 valence electrons. The molecule has 2 aromatic rings. The van der Waals surface area contributed by atoms with E-state index in [1.165, 1.54) is 6.07 Å². The van der Waals surface area contributed by atoms with Gasteiger partial charge in [0.05, 0.1) is 13.2 Å². The van der Waals surface area contributed by atoms with E-state index in [0.29, 0.717) is 38.9 Å². The van der Waals surface area contributed by atoms with Crippen LogP contribution in [0.2, 0.25) is 0 Å². The summed E-state index contributed by atoms with van der Waals surface area (Å²) in [5.41, 5.74) is 3.84. The van der Waals surface area contributed by atoms with Gasteiger partial charge in [-0.15, -0.1) is 0 Å². The number of aliphatic hydroxyl groups is 2. The maximum atomic E-state index is 9.61. The summed E-state index contributed by atoms with van der Waals surface area (Å²) in [5, 5.41) is 55.7. The standard InChI is InChI=1S/C10H14O3.C9H12O3/c1-5-6(2)10(13)8(4-11)7(3)9(5)12;1-5-6(2)9(12)7(4-10)3-8(5)11/h11-13H,4H2,1-3H3;3,10-12H,4H2,1-2H3. The van der Waals surface area contributed by atoms with Gasteiger partial charge in [-0.1, -0.05) is 0 Å². The summed E-state index contributed by atoms with van der Waals surface area (Å²) in [7, 11) is 0. The monoisotopic (exact) mass is 350 g/mol. The highest BCUT2D eigenvalue weighted by atomic mass is 16.3. The Bertz CT molecular complexity index is 751. The van der Waals surface area contributed by atoms with Gasteiger partial charge in [-0.05, 0) is 62.9 Å². The first-order valence-electron chi connectivity index (χ1n) is 7.81. The lowest BCUT2D eigenvalue weighted by molar-refractivity contribution is 0.273. The first-order valence-corrected chi connectivity index (χ1v) is 7.81. The summed E-state index contributed by atoms with van der Waals surface area (Å²) < 4.78 is 0. The Morgan fingerprint density at radius 2 is 1.08 bits per heavy atom. The van der Waals surface area contributed by atoms with Crippen LogP contribution in [0.25, 0.3) is 0 Å². The van der Waals surface area contributed by atoms with E-state index in [1.54, 1.807) is 34.6 Å². The highest BCUT2D eigenvalue weighted by Crippen LogP contribution is 2.36. The molecule has 0 fully saturated rings. The van der Waals surface area contributed by atoms with Crippen molar-refractivity contribution in [3.63, 3.8) is 0 Å². The number of hydrogen-bond acceptors (Lipinski definition) is 6. The van der Waals surface area contributed by atoms with E-state index in [-0.39, 0.29) is 36.2 Å². The number of phenolic OH excluding ortho intramolecular Hbond substituents is 2. The number of phenols is 4. The molecule has 6 nitrogen and oxygen atoms in total. The molecule has 6 N–H and O–H groups in total. The molecule has 0 spiro atoms. The van der Waals surface area contributed by atoms with Crippen LogP contribution in [-0.4, -0.2) is 30.6 Å². The fraction of sp³-hybridized carbons (Fsp3) is 0.368. The predicted octanol–water partition coefficient (Wildman–Crippen LogP) is 2.72. The Balaban J connectivity index is 0.000000251. The van der Waals surface area contributed by atoms with Crippen molar-refractivity contribution < 1.29 is 30.6 Å². The molecule has 6 heteroatoms.